The Morgan fingerprint density at radius 3 is 2.40 bits per heavy atom. The Morgan fingerprint density at radius 1 is 1.25 bits per heavy atom. The number of carbonyl (C=O) groups is 2. The molecule has 1 saturated carbocycles. The number of nitrogens with one attached hydrogen (secondary N) is 2. The second kappa shape index (κ2) is 6.39. The molecule has 2 amide bonds. The molecule has 20 heavy (non-hydrogen) atoms. The molecule has 1 aliphatic carbocycles. The third kappa shape index (κ3) is 3.60. The van der Waals surface area contributed by atoms with Crippen LogP contribution >= 0.6 is 15.9 Å². The van der Waals surface area contributed by atoms with E-state index in [1.54, 1.807) is 0 Å². The summed E-state index contributed by atoms with van der Waals surface area (Å²) < 4.78 is 1.03. The summed E-state index contributed by atoms with van der Waals surface area (Å²) >= 11 is 3.42. The predicted octanol–water partition coefficient (Wildman–Crippen LogP) is 2.47. The number of benzene rings is 1. The number of hydrogen-bond donors (Lipinski definition) is 2. The van der Waals surface area contributed by atoms with Crippen molar-refractivity contribution < 1.29 is 9.59 Å². The number of rotatable bonds is 5. The van der Waals surface area contributed by atoms with Crippen molar-refractivity contribution in [3.8, 4) is 0 Å². The Hall–Kier alpha value is -1.36. The quantitative estimate of drug-likeness (QED) is 0.866. The van der Waals surface area contributed by atoms with Crippen LogP contribution < -0.4 is 10.6 Å². The first-order chi connectivity index (χ1) is 9.52. The smallest absolute Gasteiger partial charge is 0.222 e. The van der Waals surface area contributed by atoms with Crippen LogP contribution in [0.25, 0.3) is 0 Å². The van der Waals surface area contributed by atoms with Crippen LogP contribution in [0.5, 0.6) is 0 Å². The first-order valence-electron chi connectivity index (χ1n) is 6.83. The first-order valence-corrected chi connectivity index (χ1v) is 7.63. The summed E-state index contributed by atoms with van der Waals surface area (Å²) in [7, 11) is 0. The van der Waals surface area contributed by atoms with E-state index in [9.17, 15) is 9.59 Å². The van der Waals surface area contributed by atoms with Crippen LogP contribution in [0.2, 0.25) is 0 Å². The minimum Gasteiger partial charge on any atom is -0.356 e. The molecule has 4 nitrogen and oxygen atoms in total. The Kier molecular flexibility index (Phi) is 4.81. The molecular formula is C15H19BrN2O2. The molecule has 1 aliphatic rings. The summed E-state index contributed by atoms with van der Waals surface area (Å²) in [5.41, 5.74) is 0.938. The summed E-state index contributed by atoms with van der Waals surface area (Å²) in [6, 6.07) is 8.10. The molecule has 0 atom stereocenters. The summed E-state index contributed by atoms with van der Waals surface area (Å²) in [6.45, 7) is 1.84. The lowest BCUT2D eigenvalue weighted by Crippen LogP contribution is -2.51. The highest BCUT2D eigenvalue weighted by molar-refractivity contribution is 9.10. The molecule has 0 bridgehead atoms. The molecule has 0 spiro atoms. The lowest BCUT2D eigenvalue weighted by Gasteiger charge is -2.43. The van der Waals surface area contributed by atoms with E-state index in [2.05, 4.69) is 38.7 Å². The second-order valence-electron chi connectivity index (χ2n) is 5.22. The Balaban J connectivity index is 1.96. The molecule has 0 heterocycles. The summed E-state index contributed by atoms with van der Waals surface area (Å²) in [5, 5.41) is 5.77. The molecule has 5 heteroatoms. The van der Waals surface area contributed by atoms with Crippen molar-refractivity contribution in [3.63, 3.8) is 0 Å². The largest absolute Gasteiger partial charge is 0.356 e. The number of halogens is 1. The van der Waals surface area contributed by atoms with Gasteiger partial charge in [0.1, 0.15) is 0 Å². The van der Waals surface area contributed by atoms with Crippen LogP contribution in [-0.4, -0.2) is 18.4 Å². The van der Waals surface area contributed by atoms with E-state index >= 15 is 0 Å². The summed E-state index contributed by atoms with van der Waals surface area (Å²) in [4.78, 5) is 22.8. The molecule has 0 unspecified atom stereocenters. The molecule has 2 N–H and O–H groups in total. The zero-order valence-corrected chi connectivity index (χ0v) is 13.1. The van der Waals surface area contributed by atoms with Crippen molar-refractivity contribution in [2.24, 2.45) is 0 Å². The van der Waals surface area contributed by atoms with E-state index in [-0.39, 0.29) is 17.4 Å². The van der Waals surface area contributed by atoms with E-state index in [4.69, 9.17) is 0 Å². The second-order valence-corrected chi connectivity index (χ2v) is 6.14. The van der Waals surface area contributed by atoms with Gasteiger partial charge in [0.15, 0.2) is 0 Å². The van der Waals surface area contributed by atoms with Gasteiger partial charge in [-0.25, -0.2) is 0 Å². The van der Waals surface area contributed by atoms with Crippen LogP contribution in [0.4, 0.5) is 0 Å². The topological polar surface area (TPSA) is 58.2 Å². The molecule has 1 aromatic carbocycles. The molecule has 0 saturated heterocycles. The van der Waals surface area contributed by atoms with Crippen molar-refractivity contribution >= 4 is 27.7 Å². The number of hydrogen-bond acceptors (Lipinski definition) is 2. The van der Waals surface area contributed by atoms with Crippen LogP contribution in [0.1, 0.15) is 38.2 Å². The van der Waals surface area contributed by atoms with Gasteiger partial charge in [0.25, 0.3) is 0 Å². The van der Waals surface area contributed by atoms with E-state index in [1.807, 2.05) is 12.1 Å². The van der Waals surface area contributed by atoms with Gasteiger partial charge in [-0.2, -0.15) is 0 Å². The summed E-state index contributed by atoms with van der Waals surface area (Å²) in [5.74, 6) is -0.120. The average molecular weight is 339 g/mol. The zero-order valence-electron chi connectivity index (χ0n) is 11.5. The van der Waals surface area contributed by atoms with Crippen molar-refractivity contribution in [2.75, 3.05) is 6.54 Å². The van der Waals surface area contributed by atoms with E-state index in [0.29, 0.717) is 13.0 Å². The monoisotopic (exact) mass is 338 g/mol. The Labute approximate surface area is 127 Å². The molecule has 1 aromatic rings. The zero-order chi connectivity index (χ0) is 14.6. The molecule has 108 valence electrons. The maximum absolute atomic E-state index is 12.0. The van der Waals surface area contributed by atoms with Crippen molar-refractivity contribution in [2.45, 2.75) is 38.1 Å². The maximum Gasteiger partial charge on any atom is 0.222 e. The molecule has 0 aliphatic heterocycles. The molecule has 1 fully saturated rings. The first kappa shape index (κ1) is 15.0. The fourth-order valence-corrected chi connectivity index (χ4v) is 2.73. The van der Waals surface area contributed by atoms with Crippen molar-refractivity contribution in [1.29, 1.82) is 0 Å². The SMILES string of the molecule is CC(=O)NCCC(=O)NC1(c2ccc(Br)cc2)CCC1. The normalized spacial score (nSPS) is 16.1. The predicted molar refractivity (Wildman–Crippen MR) is 81.1 cm³/mol. The highest BCUT2D eigenvalue weighted by Gasteiger charge is 2.39. The van der Waals surface area contributed by atoms with Gasteiger partial charge in [-0.3, -0.25) is 9.59 Å². The molecule has 2 rings (SSSR count). The molecule has 0 radical (unpaired) electrons. The standard InChI is InChI=1S/C15H19BrN2O2/c1-11(19)17-10-7-14(20)18-15(8-2-9-15)12-3-5-13(16)6-4-12/h3-6H,2,7-10H2,1H3,(H,17,19)(H,18,20). The van der Waals surface area contributed by atoms with Crippen LogP contribution in [0.15, 0.2) is 28.7 Å². The third-order valence-corrected chi connectivity index (χ3v) is 4.24. The van der Waals surface area contributed by atoms with E-state index in [0.717, 1.165) is 29.3 Å². The number of carbonyl (C=O) groups excluding carboxylic acids is 2. The van der Waals surface area contributed by atoms with Gasteiger partial charge in [0.2, 0.25) is 11.8 Å². The fraction of sp³-hybridized carbons (Fsp3) is 0.467. The van der Waals surface area contributed by atoms with Crippen LogP contribution in [0.3, 0.4) is 0 Å². The van der Waals surface area contributed by atoms with Gasteiger partial charge < -0.3 is 10.6 Å². The minimum absolute atomic E-state index is 0.0126. The Bertz CT molecular complexity index is 495. The maximum atomic E-state index is 12.0. The van der Waals surface area contributed by atoms with Crippen LogP contribution in [0, 0.1) is 0 Å². The number of amides is 2. The van der Waals surface area contributed by atoms with Crippen molar-refractivity contribution in [1.82, 2.24) is 10.6 Å². The Morgan fingerprint density at radius 2 is 1.90 bits per heavy atom. The average Bonchev–Trinajstić information content (AvgIpc) is 2.34. The lowest BCUT2D eigenvalue weighted by atomic mass is 9.71. The third-order valence-electron chi connectivity index (χ3n) is 3.71. The molecular weight excluding hydrogens is 320 g/mol. The van der Waals surface area contributed by atoms with Gasteiger partial charge in [-0.15, -0.1) is 0 Å². The lowest BCUT2D eigenvalue weighted by molar-refractivity contribution is -0.124. The van der Waals surface area contributed by atoms with Gasteiger partial charge in [0, 0.05) is 24.4 Å². The highest BCUT2D eigenvalue weighted by Crippen LogP contribution is 2.41. The minimum atomic E-state index is -0.214. The van der Waals surface area contributed by atoms with Gasteiger partial charge >= 0.3 is 0 Å². The fourth-order valence-electron chi connectivity index (χ4n) is 2.47. The van der Waals surface area contributed by atoms with Gasteiger partial charge in [0.05, 0.1) is 5.54 Å². The van der Waals surface area contributed by atoms with E-state index < -0.39 is 0 Å². The van der Waals surface area contributed by atoms with E-state index in [1.165, 1.54) is 6.92 Å². The van der Waals surface area contributed by atoms with Gasteiger partial charge in [-0.05, 0) is 37.0 Å². The van der Waals surface area contributed by atoms with Crippen molar-refractivity contribution in [3.05, 3.63) is 34.3 Å². The summed E-state index contributed by atoms with van der Waals surface area (Å²) in [6.07, 6.45) is 3.39. The van der Waals surface area contributed by atoms with Gasteiger partial charge in [-0.1, -0.05) is 28.1 Å². The highest BCUT2D eigenvalue weighted by atomic mass is 79.9. The van der Waals surface area contributed by atoms with Crippen LogP contribution in [-0.2, 0) is 15.1 Å². The molecule has 0 aromatic heterocycles.